The highest BCUT2D eigenvalue weighted by molar-refractivity contribution is 7.84. The number of carbonyl (C=O) groups is 1. The molecule has 1 atom stereocenters. The molecule has 102 valence electrons. The molecule has 0 radical (unpaired) electrons. The third-order valence-corrected chi connectivity index (χ3v) is 2.94. The van der Waals surface area contributed by atoms with Gasteiger partial charge in [-0.15, -0.1) is 0 Å². The van der Waals surface area contributed by atoms with Gasteiger partial charge in [0.2, 0.25) is 0 Å². The second kappa shape index (κ2) is 8.40. The van der Waals surface area contributed by atoms with Crippen molar-refractivity contribution in [3.63, 3.8) is 0 Å². The van der Waals surface area contributed by atoms with Gasteiger partial charge in [-0.05, 0) is 12.1 Å². The summed E-state index contributed by atoms with van der Waals surface area (Å²) >= 11 is 0. The van der Waals surface area contributed by atoms with Gasteiger partial charge in [-0.3, -0.25) is 9.00 Å². The van der Waals surface area contributed by atoms with Gasteiger partial charge in [0.25, 0.3) is 5.91 Å². The number of pyridine rings is 1. The summed E-state index contributed by atoms with van der Waals surface area (Å²) in [6.45, 7) is 0.319. The summed E-state index contributed by atoms with van der Waals surface area (Å²) in [4.78, 5) is 15.9. The summed E-state index contributed by atoms with van der Waals surface area (Å²) in [6.07, 6.45) is 3.45. The van der Waals surface area contributed by atoms with Crippen LogP contribution in [0.25, 0.3) is 0 Å². The highest BCUT2D eigenvalue weighted by Gasteiger charge is 2.10. The molecule has 1 unspecified atom stereocenters. The van der Waals surface area contributed by atoms with Gasteiger partial charge < -0.3 is 10.4 Å². The van der Waals surface area contributed by atoms with Crippen molar-refractivity contribution in [1.29, 1.82) is 0 Å². The predicted octanol–water partition coefficient (Wildman–Crippen LogP) is -0.0762. The van der Waals surface area contributed by atoms with E-state index >= 15 is 0 Å². The minimum atomic E-state index is -0.941. The molecule has 1 heterocycles. The Hall–Kier alpha value is -1.71. The predicted molar refractivity (Wildman–Crippen MR) is 74.1 cm³/mol. The Morgan fingerprint density at radius 2 is 2.37 bits per heavy atom. The number of aromatic nitrogens is 1. The molecule has 0 fully saturated rings. The Morgan fingerprint density at radius 1 is 1.58 bits per heavy atom. The van der Waals surface area contributed by atoms with Gasteiger partial charge in [0.1, 0.15) is 5.69 Å². The molecule has 1 rings (SSSR count). The zero-order chi connectivity index (χ0) is 14.1. The molecule has 1 aromatic heterocycles. The first-order valence-electron chi connectivity index (χ1n) is 5.78. The fourth-order valence-electron chi connectivity index (χ4n) is 1.29. The number of aliphatic hydroxyl groups excluding tert-OH is 1. The van der Waals surface area contributed by atoms with E-state index in [9.17, 15) is 9.00 Å². The zero-order valence-corrected chi connectivity index (χ0v) is 11.5. The maximum atomic E-state index is 11.9. The van der Waals surface area contributed by atoms with Crippen molar-refractivity contribution in [2.45, 2.75) is 6.42 Å². The van der Waals surface area contributed by atoms with Crippen molar-refractivity contribution in [3.05, 3.63) is 29.6 Å². The smallest absolute Gasteiger partial charge is 0.271 e. The van der Waals surface area contributed by atoms with Crippen LogP contribution < -0.4 is 5.32 Å². The molecule has 0 saturated carbocycles. The van der Waals surface area contributed by atoms with Crippen LogP contribution in [-0.4, -0.2) is 45.4 Å². The van der Waals surface area contributed by atoms with Gasteiger partial charge in [-0.2, -0.15) is 0 Å². The van der Waals surface area contributed by atoms with E-state index in [-0.39, 0.29) is 18.2 Å². The number of amides is 1. The molecule has 0 saturated heterocycles. The largest absolute Gasteiger partial charge is 0.395 e. The van der Waals surface area contributed by atoms with Crippen LogP contribution in [0.1, 0.15) is 22.5 Å². The lowest BCUT2D eigenvalue weighted by atomic mass is 10.2. The highest BCUT2D eigenvalue weighted by Crippen LogP contribution is 2.03. The van der Waals surface area contributed by atoms with Crippen molar-refractivity contribution in [3.8, 4) is 11.8 Å². The third-order valence-electron chi connectivity index (χ3n) is 2.16. The minimum absolute atomic E-state index is 0.0168. The van der Waals surface area contributed by atoms with Crippen LogP contribution in [0.4, 0.5) is 0 Å². The molecule has 0 aromatic carbocycles. The van der Waals surface area contributed by atoms with Crippen molar-refractivity contribution in [2.24, 2.45) is 0 Å². The van der Waals surface area contributed by atoms with E-state index < -0.39 is 10.8 Å². The van der Waals surface area contributed by atoms with E-state index in [2.05, 4.69) is 22.1 Å². The standard InChI is InChI=1S/C13H16N2O3S/c1-19(18)10-8-15-13(17)12-11(5-2-3-9-16)6-4-7-14-12/h4,6-7,16H,3,8-10H2,1H3,(H,15,17). The minimum Gasteiger partial charge on any atom is -0.395 e. The number of rotatable bonds is 5. The Kier molecular flexibility index (Phi) is 6.79. The molecule has 0 aliphatic heterocycles. The average Bonchev–Trinajstić information content (AvgIpc) is 2.39. The normalized spacial score (nSPS) is 11.3. The van der Waals surface area contributed by atoms with Crippen molar-refractivity contribution in [1.82, 2.24) is 10.3 Å². The number of nitrogens with one attached hydrogen (secondary N) is 1. The van der Waals surface area contributed by atoms with Gasteiger partial charge in [0.05, 0.1) is 12.2 Å². The lowest BCUT2D eigenvalue weighted by Gasteiger charge is -2.04. The zero-order valence-electron chi connectivity index (χ0n) is 10.7. The van der Waals surface area contributed by atoms with Gasteiger partial charge >= 0.3 is 0 Å². The molecule has 0 bridgehead atoms. The van der Waals surface area contributed by atoms with Crippen LogP contribution in [0.15, 0.2) is 18.3 Å². The Balaban J connectivity index is 2.74. The van der Waals surface area contributed by atoms with E-state index in [4.69, 9.17) is 5.11 Å². The molecule has 1 amide bonds. The van der Waals surface area contributed by atoms with Crippen LogP contribution >= 0.6 is 0 Å². The van der Waals surface area contributed by atoms with Crippen LogP contribution in [0.5, 0.6) is 0 Å². The van der Waals surface area contributed by atoms with Crippen LogP contribution in [0.3, 0.4) is 0 Å². The first-order valence-corrected chi connectivity index (χ1v) is 7.51. The summed E-state index contributed by atoms with van der Waals surface area (Å²) < 4.78 is 10.9. The second-order valence-corrected chi connectivity index (χ2v) is 5.26. The Bertz CT molecular complexity index is 520. The molecule has 0 aliphatic rings. The van der Waals surface area contributed by atoms with Crippen LogP contribution in [0, 0.1) is 11.8 Å². The van der Waals surface area contributed by atoms with Crippen molar-refractivity contribution in [2.75, 3.05) is 25.2 Å². The third kappa shape index (κ3) is 5.64. The molecule has 5 nitrogen and oxygen atoms in total. The molecule has 0 spiro atoms. The maximum Gasteiger partial charge on any atom is 0.271 e. The number of hydrogen-bond donors (Lipinski definition) is 2. The number of aliphatic hydroxyl groups is 1. The number of hydrogen-bond acceptors (Lipinski definition) is 4. The first kappa shape index (κ1) is 15.3. The van der Waals surface area contributed by atoms with Crippen molar-refractivity contribution < 1.29 is 14.1 Å². The topological polar surface area (TPSA) is 79.3 Å². The molecule has 0 aliphatic carbocycles. The highest BCUT2D eigenvalue weighted by atomic mass is 32.2. The summed E-state index contributed by atoms with van der Waals surface area (Å²) in [7, 11) is -0.941. The fraction of sp³-hybridized carbons (Fsp3) is 0.385. The van der Waals surface area contributed by atoms with E-state index in [1.807, 2.05) is 0 Å². The lowest BCUT2D eigenvalue weighted by Crippen LogP contribution is -2.28. The van der Waals surface area contributed by atoms with Gasteiger partial charge in [-0.1, -0.05) is 11.8 Å². The van der Waals surface area contributed by atoms with Crippen molar-refractivity contribution >= 4 is 16.7 Å². The average molecular weight is 280 g/mol. The van der Waals surface area contributed by atoms with Gasteiger partial charge in [0.15, 0.2) is 0 Å². The van der Waals surface area contributed by atoms with Gasteiger partial charge in [0, 0.05) is 42.0 Å². The molecule has 6 heteroatoms. The van der Waals surface area contributed by atoms with E-state index in [1.54, 1.807) is 18.4 Å². The van der Waals surface area contributed by atoms with Crippen LogP contribution in [0.2, 0.25) is 0 Å². The molecular formula is C13H16N2O3S. The summed E-state index contributed by atoms with van der Waals surface area (Å²) in [5.74, 6) is 5.63. The van der Waals surface area contributed by atoms with E-state index in [0.29, 0.717) is 24.3 Å². The van der Waals surface area contributed by atoms with Crippen LogP contribution in [-0.2, 0) is 10.8 Å². The monoisotopic (exact) mass is 280 g/mol. The maximum absolute atomic E-state index is 11.9. The number of nitrogens with zero attached hydrogens (tertiary/aromatic N) is 1. The first-order chi connectivity index (χ1) is 9.15. The fourth-order valence-corrected chi connectivity index (χ4v) is 1.68. The SMILES string of the molecule is CS(=O)CCNC(=O)c1ncccc1C#CCCO. The molecule has 2 N–H and O–H groups in total. The lowest BCUT2D eigenvalue weighted by molar-refractivity contribution is 0.0951. The van der Waals surface area contributed by atoms with E-state index in [1.165, 1.54) is 6.20 Å². The summed E-state index contributed by atoms with van der Waals surface area (Å²) in [5.41, 5.74) is 0.765. The van der Waals surface area contributed by atoms with E-state index in [0.717, 1.165) is 0 Å². The summed E-state index contributed by atoms with van der Waals surface area (Å²) in [5, 5.41) is 11.3. The second-order valence-electron chi connectivity index (χ2n) is 3.71. The quantitative estimate of drug-likeness (QED) is 0.740. The Labute approximate surface area is 114 Å². The number of carbonyl (C=O) groups excluding carboxylic acids is 1. The molecule has 1 aromatic rings. The summed E-state index contributed by atoms with van der Waals surface area (Å²) in [6, 6.07) is 3.39. The van der Waals surface area contributed by atoms with Gasteiger partial charge in [-0.25, -0.2) is 4.98 Å². The Morgan fingerprint density at radius 3 is 3.05 bits per heavy atom. The molecular weight excluding hydrogens is 264 g/mol. The molecule has 19 heavy (non-hydrogen) atoms.